The fraction of sp³-hybridized carbons (Fsp3) is 0.467. The van der Waals surface area contributed by atoms with Crippen LogP contribution in [-0.4, -0.2) is 12.1 Å². The van der Waals surface area contributed by atoms with Crippen molar-refractivity contribution < 1.29 is 4.74 Å². The van der Waals surface area contributed by atoms with Crippen molar-refractivity contribution in [2.24, 2.45) is 0 Å². The number of hydrogen-bond donors (Lipinski definition) is 1. The molecule has 0 spiro atoms. The van der Waals surface area contributed by atoms with Crippen LogP contribution in [0.3, 0.4) is 0 Å². The molecule has 0 aliphatic rings. The Hall–Kier alpha value is -1.28. The van der Waals surface area contributed by atoms with Gasteiger partial charge in [0.2, 0.25) is 0 Å². The molecule has 0 saturated carbocycles. The second-order valence-electron chi connectivity index (χ2n) is 4.65. The summed E-state index contributed by atoms with van der Waals surface area (Å²) in [7, 11) is 0. The fourth-order valence-corrected chi connectivity index (χ4v) is 1.67. The molecule has 0 amide bonds. The van der Waals surface area contributed by atoms with Crippen LogP contribution in [0, 0.1) is 0 Å². The van der Waals surface area contributed by atoms with Gasteiger partial charge >= 0.3 is 0 Å². The van der Waals surface area contributed by atoms with E-state index in [-0.39, 0.29) is 6.10 Å². The van der Waals surface area contributed by atoms with Crippen LogP contribution < -0.4 is 10.1 Å². The van der Waals surface area contributed by atoms with Gasteiger partial charge < -0.3 is 10.1 Å². The quantitative estimate of drug-likeness (QED) is 0.756. The van der Waals surface area contributed by atoms with Gasteiger partial charge in [-0.2, -0.15) is 0 Å². The molecule has 0 heterocycles. The smallest absolute Gasteiger partial charge is 0.119 e. The Balaban J connectivity index is 2.63. The second kappa shape index (κ2) is 6.45. The Labute approximate surface area is 105 Å². The molecule has 94 valence electrons. The van der Waals surface area contributed by atoms with E-state index < -0.39 is 0 Å². The van der Waals surface area contributed by atoms with Gasteiger partial charge in [0.15, 0.2) is 0 Å². The maximum Gasteiger partial charge on any atom is 0.119 e. The predicted molar refractivity (Wildman–Crippen MR) is 73.4 cm³/mol. The van der Waals surface area contributed by atoms with Crippen LogP contribution in [0.4, 0.5) is 0 Å². The molecule has 0 aliphatic heterocycles. The Morgan fingerprint density at radius 3 is 2.18 bits per heavy atom. The zero-order valence-electron chi connectivity index (χ0n) is 11.2. The van der Waals surface area contributed by atoms with Gasteiger partial charge in [-0.05, 0) is 45.4 Å². The number of rotatable bonds is 6. The van der Waals surface area contributed by atoms with Gasteiger partial charge in [0, 0.05) is 12.1 Å². The predicted octanol–water partition coefficient (Wildman–Crippen LogP) is 3.70. The monoisotopic (exact) mass is 233 g/mol. The lowest BCUT2D eigenvalue weighted by Gasteiger charge is -2.18. The molecule has 2 unspecified atom stereocenters. The van der Waals surface area contributed by atoms with E-state index in [1.54, 1.807) is 0 Å². The summed E-state index contributed by atoms with van der Waals surface area (Å²) in [6.07, 6.45) is 2.13. The van der Waals surface area contributed by atoms with E-state index in [1.807, 2.05) is 32.1 Å². The van der Waals surface area contributed by atoms with Gasteiger partial charge in [-0.1, -0.05) is 18.2 Å². The second-order valence-corrected chi connectivity index (χ2v) is 4.65. The molecule has 1 aromatic carbocycles. The summed E-state index contributed by atoms with van der Waals surface area (Å²) in [6, 6.07) is 8.88. The van der Waals surface area contributed by atoms with Crippen molar-refractivity contribution in [3.05, 3.63) is 42.5 Å². The van der Waals surface area contributed by atoms with Gasteiger partial charge in [-0.25, -0.2) is 0 Å². The van der Waals surface area contributed by atoms with E-state index >= 15 is 0 Å². The molecule has 0 radical (unpaired) electrons. The highest BCUT2D eigenvalue weighted by atomic mass is 16.5. The molecule has 17 heavy (non-hydrogen) atoms. The van der Waals surface area contributed by atoms with E-state index in [0.717, 1.165) is 5.75 Å². The first-order chi connectivity index (χ1) is 8.02. The number of hydrogen-bond acceptors (Lipinski definition) is 2. The van der Waals surface area contributed by atoms with Crippen molar-refractivity contribution in [3.8, 4) is 5.75 Å². The van der Waals surface area contributed by atoms with Gasteiger partial charge in [0.1, 0.15) is 5.75 Å². The average Bonchev–Trinajstić information content (AvgIpc) is 2.28. The van der Waals surface area contributed by atoms with Crippen LogP contribution in [0.1, 0.15) is 39.3 Å². The van der Waals surface area contributed by atoms with Crippen LogP contribution in [0.15, 0.2) is 36.9 Å². The summed E-state index contributed by atoms with van der Waals surface area (Å²) in [5, 5.41) is 3.45. The topological polar surface area (TPSA) is 21.3 Å². The summed E-state index contributed by atoms with van der Waals surface area (Å²) in [5.41, 5.74) is 1.26. The van der Waals surface area contributed by atoms with Crippen LogP contribution in [0.2, 0.25) is 0 Å². The van der Waals surface area contributed by atoms with Crippen molar-refractivity contribution in [2.75, 3.05) is 0 Å². The van der Waals surface area contributed by atoms with E-state index in [0.29, 0.717) is 12.1 Å². The van der Waals surface area contributed by atoms with E-state index in [4.69, 9.17) is 4.74 Å². The van der Waals surface area contributed by atoms with Gasteiger partial charge in [0.05, 0.1) is 6.10 Å². The minimum Gasteiger partial charge on any atom is -0.491 e. The molecule has 0 aromatic heterocycles. The standard InChI is InChI=1S/C15H23NO/c1-6-12(4)16-13(5)14-7-9-15(10-8-14)17-11(2)3/h6-13,16H,1H2,2-5H3. The lowest BCUT2D eigenvalue weighted by Crippen LogP contribution is -2.26. The first-order valence-electron chi connectivity index (χ1n) is 6.18. The maximum absolute atomic E-state index is 5.61. The highest BCUT2D eigenvalue weighted by Gasteiger charge is 2.07. The molecule has 0 bridgehead atoms. The SMILES string of the molecule is C=CC(C)NC(C)c1ccc(OC(C)C)cc1. The number of nitrogens with one attached hydrogen (secondary N) is 1. The zero-order valence-corrected chi connectivity index (χ0v) is 11.2. The Morgan fingerprint density at radius 1 is 1.12 bits per heavy atom. The normalized spacial score (nSPS) is 14.4. The summed E-state index contributed by atoms with van der Waals surface area (Å²) < 4.78 is 5.61. The van der Waals surface area contributed by atoms with Gasteiger partial charge in [-0.3, -0.25) is 0 Å². The van der Waals surface area contributed by atoms with Gasteiger partial charge in [-0.15, -0.1) is 6.58 Å². The molecular formula is C15H23NO. The van der Waals surface area contributed by atoms with E-state index in [9.17, 15) is 0 Å². The molecule has 0 saturated heterocycles. The minimum absolute atomic E-state index is 0.220. The van der Waals surface area contributed by atoms with Crippen LogP contribution >= 0.6 is 0 Å². The summed E-state index contributed by atoms with van der Waals surface area (Å²) >= 11 is 0. The molecule has 2 heteroatoms. The summed E-state index contributed by atoms with van der Waals surface area (Å²) in [5.74, 6) is 0.924. The highest BCUT2D eigenvalue weighted by Crippen LogP contribution is 2.18. The fourth-order valence-electron chi connectivity index (χ4n) is 1.67. The van der Waals surface area contributed by atoms with Crippen LogP contribution in [-0.2, 0) is 0 Å². The lowest BCUT2D eigenvalue weighted by molar-refractivity contribution is 0.242. The molecule has 0 fully saturated rings. The third-order valence-electron chi connectivity index (χ3n) is 2.62. The molecule has 1 aromatic rings. The highest BCUT2D eigenvalue weighted by molar-refractivity contribution is 5.29. The molecular weight excluding hydrogens is 210 g/mol. The van der Waals surface area contributed by atoms with Crippen molar-refractivity contribution in [1.82, 2.24) is 5.32 Å². The molecule has 0 aliphatic carbocycles. The molecule has 2 nitrogen and oxygen atoms in total. The summed E-state index contributed by atoms with van der Waals surface area (Å²) in [4.78, 5) is 0. The van der Waals surface area contributed by atoms with Crippen LogP contribution in [0.25, 0.3) is 0 Å². The molecule has 1 rings (SSSR count). The first-order valence-corrected chi connectivity index (χ1v) is 6.18. The third kappa shape index (κ3) is 4.61. The van der Waals surface area contributed by atoms with Crippen LogP contribution in [0.5, 0.6) is 5.75 Å². The number of ether oxygens (including phenoxy) is 1. The Kier molecular flexibility index (Phi) is 5.23. The van der Waals surface area contributed by atoms with Crippen molar-refractivity contribution in [3.63, 3.8) is 0 Å². The van der Waals surface area contributed by atoms with E-state index in [1.165, 1.54) is 5.56 Å². The summed E-state index contributed by atoms with van der Waals surface area (Å²) in [6.45, 7) is 12.1. The van der Waals surface area contributed by atoms with Gasteiger partial charge in [0.25, 0.3) is 0 Å². The Bertz CT molecular complexity index is 342. The van der Waals surface area contributed by atoms with Crippen molar-refractivity contribution in [1.29, 1.82) is 0 Å². The van der Waals surface area contributed by atoms with Crippen molar-refractivity contribution >= 4 is 0 Å². The maximum atomic E-state index is 5.61. The molecule has 1 N–H and O–H groups in total. The molecule has 2 atom stereocenters. The number of benzene rings is 1. The average molecular weight is 233 g/mol. The zero-order chi connectivity index (χ0) is 12.8. The largest absolute Gasteiger partial charge is 0.491 e. The van der Waals surface area contributed by atoms with Crippen molar-refractivity contribution in [2.45, 2.75) is 45.9 Å². The third-order valence-corrected chi connectivity index (χ3v) is 2.62. The first kappa shape index (κ1) is 13.8. The Morgan fingerprint density at radius 2 is 1.71 bits per heavy atom. The lowest BCUT2D eigenvalue weighted by atomic mass is 10.1. The van der Waals surface area contributed by atoms with E-state index in [2.05, 4.69) is 37.9 Å². The minimum atomic E-state index is 0.220.